The van der Waals surface area contributed by atoms with Crippen molar-refractivity contribution in [3.8, 4) is 45.6 Å². The predicted octanol–water partition coefficient (Wildman–Crippen LogP) is 28.3. The van der Waals surface area contributed by atoms with E-state index in [0.29, 0.717) is 0 Å². The molecule has 0 unspecified atom stereocenters. The topological polar surface area (TPSA) is 27.7 Å². The van der Waals surface area contributed by atoms with Gasteiger partial charge in [0.1, 0.15) is 34.5 Å². The van der Waals surface area contributed by atoms with Gasteiger partial charge in [0.25, 0.3) is 0 Å². The molecule has 0 aliphatic heterocycles. The fraction of sp³-hybridized carbons (Fsp3) is 0.234. The van der Waals surface area contributed by atoms with E-state index in [0.717, 1.165) is 40.9 Å². The van der Waals surface area contributed by atoms with Crippen LogP contribution in [0.1, 0.15) is 146 Å². The first kappa shape index (κ1) is 83.1. The van der Waals surface area contributed by atoms with E-state index >= 15 is 0 Å². The minimum absolute atomic E-state index is 0. The molecule has 12 aromatic carbocycles. The molecule has 0 fully saturated rings. The highest BCUT2D eigenvalue weighted by Gasteiger charge is 2.23. The minimum Gasteiger partial charge on any atom is -0.457 e. The molecule has 0 saturated heterocycles. The second-order valence-electron chi connectivity index (χ2n) is 24.9. The molecule has 3 heteroatoms. The molecule has 3 nitrogen and oxygen atoms in total. The van der Waals surface area contributed by atoms with Gasteiger partial charge < -0.3 is 14.2 Å². The third kappa shape index (κ3) is 28.9. The van der Waals surface area contributed by atoms with Gasteiger partial charge in [-0.25, -0.2) is 0 Å². The van der Waals surface area contributed by atoms with Gasteiger partial charge in [0, 0.05) is 5.41 Å². The van der Waals surface area contributed by atoms with Crippen LogP contribution in [0.15, 0.2) is 285 Å². The Morgan fingerprint density at radius 2 is 0.392 bits per heavy atom. The summed E-state index contributed by atoms with van der Waals surface area (Å²) < 4.78 is 17.6. The molecule has 0 heterocycles. The van der Waals surface area contributed by atoms with E-state index in [4.69, 9.17) is 14.2 Å². The average molecular weight is 1290 g/mol. The Hall–Kier alpha value is -9.96. The zero-order valence-electron chi connectivity index (χ0n) is 57.1. The van der Waals surface area contributed by atoms with Gasteiger partial charge in [0.05, 0.1) is 0 Å². The van der Waals surface area contributed by atoms with Crippen LogP contribution in [0.4, 0.5) is 0 Å². The van der Waals surface area contributed by atoms with Crippen molar-refractivity contribution in [2.45, 2.75) is 153 Å². The van der Waals surface area contributed by atoms with E-state index in [1.54, 1.807) is 0 Å². The summed E-state index contributed by atoms with van der Waals surface area (Å²) in [6.07, 6.45) is 1.03. The summed E-state index contributed by atoms with van der Waals surface area (Å²) in [5.74, 6) is 5.13. The SMILES string of the molecule is C.C.C.C.C.Cc1ccc(-c2ccc(C)cc2)cc1.Cc1ccc(C)c(C)c1.Cc1ccc(C)cc1.Cc1ccc(Cc2ccc(C)cc2)cc1.Cc1ccc(Oc2ccc(C(C)(C)c3ccc(Oc4ccc(C)cc4)cc3)cc2)cc1.Cc1ccc(Oc2ccc(C)cc2)cc1. The van der Waals surface area contributed by atoms with Crippen molar-refractivity contribution in [1.82, 2.24) is 0 Å². The van der Waals surface area contributed by atoms with E-state index in [2.05, 4.69) is 292 Å². The largest absolute Gasteiger partial charge is 0.457 e. The van der Waals surface area contributed by atoms with Crippen molar-refractivity contribution < 1.29 is 14.2 Å². The van der Waals surface area contributed by atoms with Crippen LogP contribution in [0.25, 0.3) is 11.1 Å². The molecule has 97 heavy (non-hydrogen) atoms. The van der Waals surface area contributed by atoms with Crippen molar-refractivity contribution in [2.24, 2.45) is 0 Å². The Morgan fingerprint density at radius 3 is 0.608 bits per heavy atom. The summed E-state index contributed by atoms with van der Waals surface area (Å²) >= 11 is 0. The fourth-order valence-corrected chi connectivity index (χ4v) is 9.55. The molecule has 508 valence electrons. The van der Waals surface area contributed by atoms with Gasteiger partial charge in [-0.05, 0) is 214 Å². The Bertz CT molecular complexity index is 3730. The second-order valence-corrected chi connectivity index (χ2v) is 24.9. The quantitative estimate of drug-likeness (QED) is 0.129. The lowest BCUT2D eigenvalue weighted by molar-refractivity contribution is 0.481. The summed E-state index contributed by atoms with van der Waals surface area (Å²) in [6.45, 7) is 31.8. The highest BCUT2D eigenvalue weighted by Crippen LogP contribution is 2.35. The van der Waals surface area contributed by atoms with Crippen LogP contribution >= 0.6 is 0 Å². The average Bonchev–Trinajstić information content (AvgIpc) is 0.826. The number of hydrogen-bond acceptors (Lipinski definition) is 3. The number of ether oxygens (including phenoxy) is 3. The van der Waals surface area contributed by atoms with E-state index < -0.39 is 0 Å². The van der Waals surface area contributed by atoms with Crippen molar-refractivity contribution in [1.29, 1.82) is 0 Å². The molecule has 12 rings (SSSR count). The van der Waals surface area contributed by atoms with E-state index in [1.165, 1.54) is 106 Å². The second kappa shape index (κ2) is 41.8. The van der Waals surface area contributed by atoms with Crippen LogP contribution in [0.5, 0.6) is 34.5 Å². The van der Waals surface area contributed by atoms with Gasteiger partial charge in [-0.3, -0.25) is 0 Å². The Labute approximate surface area is 588 Å². The van der Waals surface area contributed by atoms with Crippen LogP contribution in [-0.4, -0.2) is 0 Å². The lowest BCUT2D eigenvalue weighted by atomic mass is 9.78. The van der Waals surface area contributed by atoms with Crippen LogP contribution < -0.4 is 14.2 Å². The van der Waals surface area contributed by atoms with Crippen molar-refractivity contribution in [3.05, 3.63) is 380 Å². The third-order valence-corrected chi connectivity index (χ3v) is 15.9. The molecule has 0 amide bonds. The highest BCUT2D eigenvalue weighted by atomic mass is 16.5. The zero-order valence-corrected chi connectivity index (χ0v) is 57.1. The van der Waals surface area contributed by atoms with Crippen molar-refractivity contribution in [3.63, 3.8) is 0 Å². The van der Waals surface area contributed by atoms with Crippen molar-refractivity contribution in [2.75, 3.05) is 0 Å². The first-order chi connectivity index (χ1) is 44.1. The Balaban J connectivity index is 0.000000418. The first-order valence-corrected chi connectivity index (χ1v) is 32.0. The maximum absolute atomic E-state index is 5.97. The van der Waals surface area contributed by atoms with Gasteiger partial charge in [-0.1, -0.05) is 325 Å². The molecule has 0 saturated carbocycles. The standard InChI is InChI=1S/C29H28O2.C15H16.C14H14O.C14H14.C9H12.C8H10.5CH4/c1-21-5-13-25(14-6-21)30-27-17-9-23(10-18-27)29(3,4)24-11-19-28(20-12-24)31-26-15-7-22(2)8-16-26;1-12-3-7-14(8-4-12)11-15-9-5-13(2)6-10-15;1-11-3-7-13(8-4-11)15-14-9-5-12(2)6-10-14;1-11-3-7-13(8-4-11)14-9-5-12(2)6-10-14;1-7-4-5-8(2)9(3)6-7;1-7-3-5-8(2)6-4-7;;;;;/h5-20H,1-4H3;3-10H,11H2,1-2H3;3-10H,1-2H3;3-10H,1-2H3;4-6H,1-3H3;3-6H,1-2H3;5*1H4. The maximum Gasteiger partial charge on any atom is 0.127 e. The highest BCUT2D eigenvalue weighted by molar-refractivity contribution is 5.64. The molecular weight excluding hydrogens is 1180 g/mol. The Kier molecular flexibility index (Phi) is 35.8. The lowest BCUT2D eigenvalue weighted by Crippen LogP contribution is -2.18. The van der Waals surface area contributed by atoms with Crippen LogP contribution in [0.2, 0.25) is 0 Å². The zero-order chi connectivity index (χ0) is 66.0. The van der Waals surface area contributed by atoms with Gasteiger partial charge in [-0.2, -0.15) is 0 Å². The summed E-state index contributed by atoms with van der Waals surface area (Å²) in [7, 11) is 0. The molecule has 0 atom stereocenters. The molecule has 0 aliphatic rings. The third-order valence-electron chi connectivity index (χ3n) is 15.9. The van der Waals surface area contributed by atoms with Gasteiger partial charge in [-0.15, -0.1) is 0 Å². The summed E-state index contributed by atoms with van der Waals surface area (Å²) in [4.78, 5) is 0. The molecule has 0 radical (unpaired) electrons. The van der Waals surface area contributed by atoms with Crippen LogP contribution in [0.3, 0.4) is 0 Å². The Morgan fingerprint density at radius 1 is 0.206 bits per heavy atom. The monoisotopic (exact) mass is 1290 g/mol. The van der Waals surface area contributed by atoms with Crippen molar-refractivity contribution >= 4 is 0 Å². The first-order valence-electron chi connectivity index (χ1n) is 32.0. The molecule has 0 aromatic heterocycles. The van der Waals surface area contributed by atoms with Gasteiger partial charge >= 0.3 is 0 Å². The van der Waals surface area contributed by atoms with Crippen LogP contribution in [-0.2, 0) is 11.8 Å². The van der Waals surface area contributed by atoms with Crippen LogP contribution in [0, 0.1) is 90.0 Å². The number of hydrogen-bond donors (Lipinski definition) is 0. The maximum atomic E-state index is 5.97. The number of aryl methyl sites for hydroxylation is 13. The molecule has 0 bridgehead atoms. The predicted molar refractivity (Wildman–Crippen MR) is 427 cm³/mol. The molecule has 0 N–H and O–H groups in total. The molecule has 0 aliphatic carbocycles. The smallest absolute Gasteiger partial charge is 0.127 e. The molecular formula is C94H114O3. The summed E-state index contributed by atoms with van der Waals surface area (Å²) in [5.41, 5.74) is 24.6. The molecule has 0 spiro atoms. The van der Waals surface area contributed by atoms with E-state index in [9.17, 15) is 0 Å². The number of rotatable bonds is 11. The van der Waals surface area contributed by atoms with Gasteiger partial charge in [0.15, 0.2) is 0 Å². The van der Waals surface area contributed by atoms with E-state index in [1.807, 2.05) is 97.1 Å². The lowest BCUT2D eigenvalue weighted by Gasteiger charge is -2.26. The summed E-state index contributed by atoms with van der Waals surface area (Å²) in [5, 5.41) is 0. The minimum atomic E-state index is -0.134. The summed E-state index contributed by atoms with van der Waals surface area (Å²) in [6, 6.07) is 98.7. The molecule has 12 aromatic rings. The number of benzene rings is 12. The van der Waals surface area contributed by atoms with E-state index in [-0.39, 0.29) is 42.5 Å². The normalized spacial score (nSPS) is 9.85. The fourth-order valence-electron chi connectivity index (χ4n) is 9.55. The van der Waals surface area contributed by atoms with Gasteiger partial charge in [0.2, 0.25) is 0 Å².